The second-order valence-corrected chi connectivity index (χ2v) is 5.40. The van der Waals surface area contributed by atoms with E-state index in [1.54, 1.807) is 0 Å². The summed E-state index contributed by atoms with van der Waals surface area (Å²) in [5, 5.41) is 2.56. The average molecular weight is 273 g/mol. The van der Waals surface area contributed by atoms with Crippen molar-refractivity contribution in [2.75, 3.05) is 6.54 Å². The van der Waals surface area contributed by atoms with Crippen LogP contribution in [0.5, 0.6) is 0 Å². The normalized spacial score (nSPS) is 24.5. The minimum absolute atomic E-state index is 0.0338. The topological polar surface area (TPSA) is 12.0 Å². The van der Waals surface area contributed by atoms with E-state index in [9.17, 15) is 13.2 Å². The van der Waals surface area contributed by atoms with E-state index in [-0.39, 0.29) is 12.3 Å². The molecule has 0 aromatic carbocycles. The van der Waals surface area contributed by atoms with Gasteiger partial charge in [0.05, 0.1) is 0 Å². The quantitative estimate of drug-likeness (QED) is 0.752. The van der Waals surface area contributed by atoms with Gasteiger partial charge < -0.3 is 5.32 Å². The average Bonchev–Trinajstić information content (AvgIpc) is 2.27. The van der Waals surface area contributed by atoms with Gasteiger partial charge in [-0.1, -0.05) is 29.9 Å². The number of allylic oxidation sites excluding steroid dienone is 5. The molecule has 1 heterocycles. The molecular formula is C15H22F3N. The van der Waals surface area contributed by atoms with Crippen molar-refractivity contribution >= 4 is 0 Å². The summed E-state index contributed by atoms with van der Waals surface area (Å²) in [6.45, 7) is 9.96. The highest BCUT2D eigenvalue weighted by molar-refractivity contribution is 5.31. The Kier molecular flexibility index (Phi) is 5.41. The van der Waals surface area contributed by atoms with Crippen molar-refractivity contribution in [3.8, 4) is 0 Å². The van der Waals surface area contributed by atoms with Crippen molar-refractivity contribution in [2.24, 2.45) is 5.92 Å². The fraction of sp³-hybridized carbons (Fsp3) is 0.600. The summed E-state index contributed by atoms with van der Waals surface area (Å²) in [5.74, 6) is -0.0338. The van der Waals surface area contributed by atoms with Gasteiger partial charge in [-0.2, -0.15) is 13.2 Å². The SMILES string of the molecule is C=C(C)/C=C\C(=C(C)C)C1CCNC(C(F)(F)F)C1. The van der Waals surface area contributed by atoms with E-state index in [4.69, 9.17) is 0 Å². The second-order valence-electron chi connectivity index (χ2n) is 5.40. The first-order valence-corrected chi connectivity index (χ1v) is 6.53. The number of rotatable bonds is 3. The molecule has 2 unspecified atom stereocenters. The Labute approximate surface area is 113 Å². The summed E-state index contributed by atoms with van der Waals surface area (Å²) >= 11 is 0. The van der Waals surface area contributed by atoms with Crippen molar-refractivity contribution in [3.63, 3.8) is 0 Å². The van der Waals surface area contributed by atoms with Crippen LogP contribution in [-0.4, -0.2) is 18.8 Å². The lowest BCUT2D eigenvalue weighted by Crippen LogP contribution is -2.47. The maximum absolute atomic E-state index is 12.8. The summed E-state index contributed by atoms with van der Waals surface area (Å²) in [6, 6.07) is -1.39. The van der Waals surface area contributed by atoms with Gasteiger partial charge in [-0.25, -0.2) is 0 Å². The summed E-state index contributed by atoms with van der Waals surface area (Å²) in [4.78, 5) is 0. The number of nitrogens with one attached hydrogen (secondary N) is 1. The third-order valence-electron chi connectivity index (χ3n) is 3.36. The van der Waals surface area contributed by atoms with Gasteiger partial charge in [0.2, 0.25) is 0 Å². The first-order chi connectivity index (χ1) is 8.71. The Morgan fingerprint density at radius 3 is 2.32 bits per heavy atom. The molecule has 0 radical (unpaired) electrons. The molecule has 1 aliphatic heterocycles. The molecular weight excluding hydrogens is 251 g/mol. The van der Waals surface area contributed by atoms with Gasteiger partial charge in [0.25, 0.3) is 0 Å². The first-order valence-electron chi connectivity index (χ1n) is 6.53. The zero-order valence-corrected chi connectivity index (χ0v) is 11.8. The van der Waals surface area contributed by atoms with Gasteiger partial charge in [0.1, 0.15) is 6.04 Å². The van der Waals surface area contributed by atoms with Gasteiger partial charge in [-0.3, -0.25) is 0 Å². The van der Waals surface area contributed by atoms with E-state index in [0.29, 0.717) is 6.54 Å². The largest absolute Gasteiger partial charge is 0.403 e. The molecule has 2 atom stereocenters. The molecule has 1 aliphatic rings. The molecule has 0 saturated carbocycles. The molecule has 1 saturated heterocycles. The fourth-order valence-electron chi connectivity index (χ4n) is 2.39. The number of alkyl halides is 3. The Balaban J connectivity index is 2.87. The fourth-order valence-corrected chi connectivity index (χ4v) is 2.39. The van der Waals surface area contributed by atoms with Crippen molar-refractivity contribution in [1.29, 1.82) is 0 Å². The summed E-state index contributed by atoms with van der Waals surface area (Å²) in [5.41, 5.74) is 2.99. The number of hydrogen-bond acceptors (Lipinski definition) is 1. The highest BCUT2D eigenvalue weighted by Crippen LogP contribution is 2.34. The smallest absolute Gasteiger partial charge is 0.306 e. The zero-order chi connectivity index (χ0) is 14.6. The van der Waals surface area contributed by atoms with Crippen LogP contribution in [0.4, 0.5) is 13.2 Å². The van der Waals surface area contributed by atoms with E-state index < -0.39 is 12.2 Å². The van der Waals surface area contributed by atoms with Crippen LogP contribution < -0.4 is 5.32 Å². The van der Waals surface area contributed by atoms with Crippen LogP contribution in [0.3, 0.4) is 0 Å². The molecule has 0 bridgehead atoms. The van der Waals surface area contributed by atoms with Gasteiger partial charge in [-0.05, 0) is 51.6 Å². The number of piperidine rings is 1. The highest BCUT2D eigenvalue weighted by atomic mass is 19.4. The Morgan fingerprint density at radius 2 is 1.84 bits per heavy atom. The molecule has 1 rings (SSSR count). The molecule has 0 spiro atoms. The molecule has 1 fully saturated rings. The molecule has 1 nitrogen and oxygen atoms in total. The second kappa shape index (κ2) is 6.42. The lowest BCUT2D eigenvalue weighted by atomic mass is 9.83. The van der Waals surface area contributed by atoms with E-state index >= 15 is 0 Å². The Morgan fingerprint density at radius 1 is 1.21 bits per heavy atom. The maximum Gasteiger partial charge on any atom is 0.403 e. The predicted octanol–water partition coefficient (Wildman–Crippen LogP) is 4.39. The first kappa shape index (κ1) is 16.0. The van der Waals surface area contributed by atoms with E-state index in [1.807, 2.05) is 32.9 Å². The summed E-state index contributed by atoms with van der Waals surface area (Å²) in [7, 11) is 0. The van der Waals surface area contributed by atoms with Crippen LogP contribution in [0.1, 0.15) is 33.6 Å². The standard InChI is InChI=1S/C15H22F3N/c1-10(2)5-6-13(11(3)4)12-7-8-19-14(9-12)15(16,17)18/h5-6,12,14,19H,1,7-9H2,2-4H3/b6-5-. The molecule has 108 valence electrons. The monoisotopic (exact) mass is 273 g/mol. The van der Waals surface area contributed by atoms with Gasteiger partial charge >= 0.3 is 6.18 Å². The van der Waals surface area contributed by atoms with Crippen LogP contribution in [0.25, 0.3) is 0 Å². The minimum atomic E-state index is -4.16. The van der Waals surface area contributed by atoms with E-state index in [0.717, 1.165) is 23.1 Å². The number of halogens is 3. The Bertz CT molecular complexity index is 387. The molecule has 0 aromatic heterocycles. The van der Waals surface area contributed by atoms with Crippen LogP contribution in [-0.2, 0) is 0 Å². The Hall–Kier alpha value is -1.03. The van der Waals surface area contributed by atoms with E-state index in [2.05, 4.69) is 11.9 Å². The molecule has 0 aliphatic carbocycles. The molecule has 19 heavy (non-hydrogen) atoms. The van der Waals surface area contributed by atoms with Crippen LogP contribution in [0.15, 0.2) is 35.5 Å². The summed E-state index contributed by atoms with van der Waals surface area (Å²) in [6.07, 6.45) is 0.482. The highest BCUT2D eigenvalue weighted by Gasteiger charge is 2.42. The van der Waals surface area contributed by atoms with Crippen molar-refractivity contribution in [2.45, 2.75) is 45.8 Å². The van der Waals surface area contributed by atoms with E-state index in [1.165, 1.54) is 0 Å². The van der Waals surface area contributed by atoms with Crippen molar-refractivity contribution in [3.05, 3.63) is 35.5 Å². The third-order valence-corrected chi connectivity index (χ3v) is 3.36. The molecule has 4 heteroatoms. The summed E-state index contributed by atoms with van der Waals surface area (Å²) < 4.78 is 38.3. The van der Waals surface area contributed by atoms with Crippen molar-refractivity contribution in [1.82, 2.24) is 5.32 Å². The number of hydrogen-bond donors (Lipinski definition) is 1. The maximum atomic E-state index is 12.8. The zero-order valence-electron chi connectivity index (χ0n) is 11.8. The lowest BCUT2D eigenvalue weighted by molar-refractivity contribution is -0.162. The van der Waals surface area contributed by atoms with Gasteiger partial charge in [0, 0.05) is 0 Å². The third kappa shape index (κ3) is 4.86. The molecule has 1 N–H and O–H groups in total. The van der Waals surface area contributed by atoms with Crippen molar-refractivity contribution < 1.29 is 13.2 Å². The molecule has 0 amide bonds. The lowest BCUT2D eigenvalue weighted by Gasteiger charge is -2.33. The van der Waals surface area contributed by atoms with Crippen LogP contribution in [0, 0.1) is 5.92 Å². The minimum Gasteiger partial charge on any atom is -0.306 e. The van der Waals surface area contributed by atoms with Gasteiger partial charge in [0.15, 0.2) is 0 Å². The molecule has 0 aromatic rings. The predicted molar refractivity (Wildman–Crippen MR) is 72.9 cm³/mol. The van der Waals surface area contributed by atoms with Gasteiger partial charge in [-0.15, -0.1) is 0 Å². The van der Waals surface area contributed by atoms with Crippen LogP contribution in [0.2, 0.25) is 0 Å². The van der Waals surface area contributed by atoms with Crippen LogP contribution >= 0.6 is 0 Å².